The zero-order chi connectivity index (χ0) is 24.8. The molecule has 6 N–H and O–H groups in total. The van der Waals surface area contributed by atoms with E-state index in [-0.39, 0.29) is 12.1 Å². The predicted octanol–water partition coefficient (Wildman–Crippen LogP) is 0.240. The van der Waals surface area contributed by atoms with Gasteiger partial charge in [0, 0.05) is 12.1 Å². The van der Waals surface area contributed by atoms with Gasteiger partial charge in [-0.05, 0) is 37.0 Å². The lowest BCUT2D eigenvalue weighted by Gasteiger charge is -2.40. The van der Waals surface area contributed by atoms with Crippen LogP contribution in [0, 0.1) is 0 Å². The smallest absolute Gasteiger partial charge is 0.254 e. The second-order valence-corrected chi connectivity index (χ2v) is 8.36. The van der Waals surface area contributed by atoms with Crippen LogP contribution in [0.5, 0.6) is 5.75 Å². The minimum atomic E-state index is -1.41. The standard InChI is InChI=1S/C24H35N3O7/c1-4-9-33-17-8-7-13(11-25-19-21(30)20(29)18(12-28)34-24(19)32)10-15(17)22-26-16(6-3)14(5-2)23(31)27-22/h7-8,10,18-21,24-25,28-30,32H,4-6,9,11-12H2,1-3H3,(H,26,27,31). The van der Waals surface area contributed by atoms with Crippen LogP contribution in [0.15, 0.2) is 23.0 Å². The SMILES string of the molecule is CCCOc1ccc(CNC2C(O)OC(CO)C(O)C2O)cc1-c1nc(CC)c(CC)c(=O)[nH]1. The minimum Gasteiger partial charge on any atom is -0.493 e. The van der Waals surface area contributed by atoms with E-state index < -0.39 is 37.3 Å². The Kier molecular flexibility index (Phi) is 9.17. The van der Waals surface area contributed by atoms with Gasteiger partial charge in [0.15, 0.2) is 6.29 Å². The van der Waals surface area contributed by atoms with Gasteiger partial charge in [0.05, 0.1) is 30.5 Å². The van der Waals surface area contributed by atoms with Crippen LogP contribution in [0.25, 0.3) is 11.4 Å². The van der Waals surface area contributed by atoms with Crippen molar-refractivity contribution in [1.29, 1.82) is 0 Å². The summed E-state index contributed by atoms with van der Waals surface area (Å²) >= 11 is 0. The van der Waals surface area contributed by atoms with Gasteiger partial charge in [-0.15, -0.1) is 0 Å². The molecule has 0 radical (unpaired) electrons. The van der Waals surface area contributed by atoms with Crippen molar-refractivity contribution in [3.05, 3.63) is 45.4 Å². The lowest BCUT2D eigenvalue weighted by Crippen LogP contribution is -2.63. The first kappa shape index (κ1) is 26.3. The molecule has 10 nitrogen and oxygen atoms in total. The van der Waals surface area contributed by atoms with Crippen LogP contribution >= 0.6 is 0 Å². The first-order valence-corrected chi connectivity index (χ1v) is 11.8. The molecule has 3 rings (SSSR count). The first-order chi connectivity index (χ1) is 16.3. The van der Waals surface area contributed by atoms with Crippen LogP contribution in [-0.2, 0) is 24.1 Å². The van der Waals surface area contributed by atoms with E-state index >= 15 is 0 Å². The Hall–Kier alpha value is -2.34. The highest BCUT2D eigenvalue weighted by Gasteiger charge is 2.43. The predicted molar refractivity (Wildman–Crippen MR) is 125 cm³/mol. The highest BCUT2D eigenvalue weighted by Crippen LogP contribution is 2.29. The fourth-order valence-corrected chi connectivity index (χ4v) is 4.09. The molecule has 5 atom stereocenters. The number of aliphatic hydroxyl groups is 4. The highest BCUT2D eigenvalue weighted by atomic mass is 16.6. The number of hydrogen-bond donors (Lipinski definition) is 6. The molecule has 10 heteroatoms. The average molecular weight is 478 g/mol. The molecular formula is C24H35N3O7. The van der Waals surface area contributed by atoms with Gasteiger partial charge in [-0.2, -0.15) is 0 Å². The van der Waals surface area contributed by atoms with Gasteiger partial charge in [0.1, 0.15) is 29.9 Å². The van der Waals surface area contributed by atoms with Gasteiger partial charge in [-0.25, -0.2) is 4.98 Å². The second-order valence-electron chi connectivity index (χ2n) is 8.36. The number of aromatic amines is 1. The number of rotatable bonds is 10. The summed E-state index contributed by atoms with van der Waals surface area (Å²) in [6.07, 6.45) is -3.12. The van der Waals surface area contributed by atoms with Crippen molar-refractivity contribution in [3.63, 3.8) is 0 Å². The van der Waals surface area contributed by atoms with Gasteiger partial charge in [0.25, 0.3) is 5.56 Å². The van der Waals surface area contributed by atoms with Gasteiger partial charge in [0.2, 0.25) is 0 Å². The molecule has 1 aliphatic rings. The summed E-state index contributed by atoms with van der Waals surface area (Å²) in [5.74, 6) is 0.997. The molecule has 5 unspecified atom stereocenters. The summed E-state index contributed by atoms with van der Waals surface area (Å²) < 4.78 is 11.1. The molecular weight excluding hydrogens is 442 g/mol. The number of nitrogens with zero attached hydrogens (tertiary/aromatic N) is 1. The quantitative estimate of drug-likeness (QED) is 0.282. The largest absolute Gasteiger partial charge is 0.493 e. The third-order valence-electron chi connectivity index (χ3n) is 5.99. The number of aliphatic hydroxyl groups excluding tert-OH is 4. The van der Waals surface area contributed by atoms with E-state index in [1.54, 1.807) is 6.07 Å². The van der Waals surface area contributed by atoms with Crippen LogP contribution in [0.2, 0.25) is 0 Å². The summed E-state index contributed by atoms with van der Waals surface area (Å²) in [6.45, 7) is 6.08. The summed E-state index contributed by atoms with van der Waals surface area (Å²) in [5.41, 5.74) is 2.64. The molecule has 0 spiro atoms. The van der Waals surface area contributed by atoms with Crippen LogP contribution in [-0.4, -0.2) is 74.3 Å². The van der Waals surface area contributed by atoms with Gasteiger partial charge in [-0.3, -0.25) is 4.79 Å². The molecule has 0 amide bonds. The van der Waals surface area contributed by atoms with Crippen molar-refractivity contribution in [3.8, 4) is 17.1 Å². The second kappa shape index (κ2) is 11.9. The molecule has 0 bridgehead atoms. The number of aromatic nitrogens is 2. The molecule has 1 aromatic heterocycles. The molecule has 1 aliphatic heterocycles. The third kappa shape index (κ3) is 5.65. The lowest BCUT2D eigenvalue weighted by molar-refractivity contribution is -0.254. The number of ether oxygens (including phenoxy) is 2. The van der Waals surface area contributed by atoms with Crippen LogP contribution < -0.4 is 15.6 Å². The minimum absolute atomic E-state index is 0.174. The Morgan fingerprint density at radius 3 is 2.56 bits per heavy atom. The maximum absolute atomic E-state index is 12.7. The van der Waals surface area contributed by atoms with Gasteiger partial charge in [-0.1, -0.05) is 26.8 Å². The molecule has 34 heavy (non-hydrogen) atoms. The van der Waals surface area contributed by atoms with Crippen molar-refractivity contribution in [2.75, 3.05) is 13.2 Å². The molecule has 2 heterocycles. The lowest BCUT2D eigenvalue weighted by atomic mass is 9.96. The van der Waals surface area contributed by atoms with E-state index in [9.17, 15) is 25.2 Å². The Labute approximate surface area is 198 Å². The van der Waals surface area contributed by atoms with Crippen molar-refractivity contribution >= 4 is 0 Å². The monoisotopic (exact) mass is 477 g/mol. The molecule has 0 saturated carbocycles. The zero-order valence-corrected chi connectivity index (χ0v) is 19.8. The number of aryl methyl sites for hydroxylation is 1. The number of benzene rings is 1. The van der Waals surface area contributed by atoms with Crippen LogP contribution in [0.1, 0.15) is 44.0 Å². The van der Waals surface area contributed by atoms with Crippen LogP contribution in [0.4, 0.5) is 0 Å². The summed E-state index contributed by atoms with van der Waals surface area (Å²) in [5, 5.41) is 42.9. The van der Waals surface area contributed by atoms with E-state index in [0.29, 0.717) is 42.1 Å². The summed E-state index contributed by atoms with van der Waals surface area (Å²) in [6, 6.07) is 4.49. The Morgan fingerprint density at radius 1 is 1.15 bits per heavy atom. The van der Waals surface area contributed by atoms with E-state index in [2.05, 4.69) is 10.3 Å². The molecule has 1 fully saturated rings. The summed E-state index contributed by atoms with van der Waals surface area (Å²) in [7, 11) is 0. The van der Waals surface area contributed by atoms with E-state index in [0.717, 1.165) is 17.7 Å². The van der Waals surface area contributed by atoms with Crippen LogP contribution in [0.3, 0.4) is 0 Å². The van der Waals surface area contributed by atoms with Gasteiger partial charge >= 0.3 is 0 Å². The molecule has 188 valence electrons. The highest BCUT2D eigenvalue weighted by molar-refractivity contribution is 5.65. The van der Waals surface area contributed by atoms with Crippen molar-refractivity contribution in [2.45, 2.75) is 77.2 Å². The van der Waals surface area contributed by atoms with Crippen molar-refractivity contribution in [1.82, 2.24) is 15.3 Å². The number of nitrogens with one attached hydrogen (secondary N) is 2. The summed E-state index contributed by atoms with van der Waals surface area (Å²) in [4.78, 5) is 20.2. The molecule has 0 aliphatic carbocycles. The van der Waals surface area contributed by atoms with Crippen molar-refractivity contribution in [2.24, 2.45) is 0 Å². The average Bonchev–Trinajstić information content (AvgIpc) is 2.84. The third-order valence-corrected chi connectivity index (χ3v) is 5.99. The first-order valence-electron chi connectivity index (χ1n) is 11.8. The number of H-pyrrole nitrogens is 1. The maximum Gasteiger partial charge on any atom is 0.254 e. The number of hydrogen-bond acceptors (Lipinski definition) is 9. The van der Waals surface area contributed by atoms with E-state index in [1.807, 2.05) is 32.9 Å². The zero-order valence-electron chi connectivity index (χ0n) is 19.8. The topological polar surface area (TPSA) is 157 Å². The molecule has 1 aromatic carbocycles. The Balaban J connectivity index is 1.89. The molecule has 1 saturated heterocycles. The van der Waals surface area contributed by atoms with E-state index in [4.69, 9.17) is 14.5 Å². The normalized spacial score (nSPS) is 24.9. The fourth-order valence-electron chi connectivity index (χ4n) is 4.09. The van der Waals surface area contributed by atoms with Crippen molar-refractivity contribution < 1.29 is 29.9 Å². The fraction of sp³-hybridized carbons (Fsp3) is 0.583. The maximum atomic E-state index is 12.7. The molecule has 2 aromatic rings. The Morgan fingerprint density at radius 2 is 1.91 bits per heavy atom. The van der Waals surface area contributed by atoms with Gasteiger partial charge < -0.3 is 40.2 Å². The Bertz CT molecular complexity index is 1010. The van der Waals surface area contributed by atoms with E-state index in [1.165, 1.54) is 0 Å².